The molecule has 0 amide bonds. The molecule has 0 aromatic heterocycles. The van der Waals surface area contributed by atoms with E-state index in [4.69, 9.17) is 0 Å². The lowest BCUT2D eigenvalue weighted by molar-refractivity contribution is 0.831. The number of allylic oxidation sites excluding steroid dienone is 4. The summed E-state index contributed by atoms with van der Waals surface area (Å²) in [6.45, 7) is 0. The van der Waals surface area contributed by atoms with Gasteiger partial charge in [-0.25, -0.2) is 0 Å². The van der Waals surface area contributed by atoms with Gasteiger partial charge in [0, 0.05) is 0 Å². The van der Waals surface area contributed by atoms with Crippen molar-refractivity contribution in [2.45, 2.75) is 25.7 Å². The minimum absolute atomic E-state index is 1.16. The average Bonchev–Trinajstić information content (AvgIpc) is 2.67. The van der Waals surface area contributed by atoms with E-state index in [0.717, 1.165) is 6.42 Å². The summed E-state index contributed by atoms with van der Waals surface area (Å²) in [5.41, 5.74) is 8.75. The van der Waals surface area contributed by atoms with Crippen molar-refractivity contribution < 1.29 is 0 Å². The summed E-state index contributed by atoms with van der Waals surface area (Å²) in [4.78, 5) is 0. The van der Waals surface area contributed by atoms with Gasteiger partial charge in [-0.05, 0) is 70.3 Å². The summed E-state index contributed by atoms with van der Waals surface area (Å²) in [5, 5.41) is 2.79. The van der Waals surface area contributed by atoms with Crippen molar-refractivity contribution in [3.05, 3.63) is 89.5 Å². The Balaban J connectivity index is 1.83. The molecule has 0 heteroatoms. The molecular weight excluding hydrogens is 288 g/mol. The lowest BCUT2D eigenvalue weighted by Gasteiger charge is -2.26. The fourth-order valence-electron chi connectivity index (χ4n) is 4.30. The number of benzene rings is 3. The standard InChI is InChI=1S/C24H19/c1-2-7-17(8-3-1)21-12-6-10-19-14-15-22-20-11-5-4-9-18(20)13-16-23(22)24(19)21/h2-3,5-8,10-12,14-15H,4,9,13,16H2. The Morgan fingerprint density at radius 1 is 0.792 bits per heavy atom. The number of aryl methyl sites for hydroxylation is 1. The lowest BCUT2D eigenvalue weighted by atomic mass is 9.78. The zero-order valence-electron chi connectivity index (χ0n) is 13.7. The SMILES string of the molecule is [c]1ccc(-c2cccc3ccc4c(c23)CCC2=C4C=CCC2)cc1. The third-order valence-electron chi connectivity index (χ3n) is 5.43. The maximum atomic E-state index is 3.13. The van der Waals surface area contributed by atoms with Crippen LogP contribution in [0.2, 0.25) is 0 Å². The van der Waals surface area contributed by atoms with Crippen LogP contribution >= 0.6 is 0 Å². The number of hydrogen-bond donors (Lipinski definition) is 0. The first kappa shape index (κ1) is 13.8. The summed E-state index contributed by atoms with van der Waals surface area (Å²) in [6, 6.07) is 22.8. The van der Waals surface area contributed by atoms with Gasteiger partial charge in [0.2, 0.25) is 0 Å². The molecule has 0 fully saturated rings. The van der Waals surface area contributed by atoms with Crippen molar-refractivity contribution in [2.75, 3.05) is 0 Å². The van der Waals surface area contributed by atoms with E-state index in [1.54, 1.807) is 5.57 Å². The number of hydrogen-bond acceptors (Lipinski definition) is 0. The van der Waals surface area contributed by atoms with Crippen LogP contribution in [0.15, 0.2) is 72.3 Å². The molecule has 5 rings (SSSR count). The molecule has 0 saturated heterocycles. The summed E-state index contributed by atoms with van der Waals surface area (Å²) < 4.78 is 0. The highest BCUT2D eigenvalue weighted by atomic mass is 14.3. The van der Waals surface area contributed by atoms with Gasteiger partial charge < -0.3 is 0 Å². The maximum absolute atomic E-state index is 3.13. The maximum Gasteiger partial charge on any atom is -0.00670 e. The van der Waals surface area contributed by atoms with Crippen LogP contribution in [0.5, 0.6) is 0 Å². The Hall–Kier alpha value is -2.60. The molecule has 115 valence electrons. The molecule has 0 bridgehead atoms. The smallest absolute Gasteiger partial charge is 0.00670 e. The summed E-state index contributed by atoms with van der Waals surface area (Å²) in [7, 11) is 0. The van der Waals surface area contributed by atoms with Gasteiger partial charge in [0.15, 0.2) is 0 Å². The zero-order chi connectivity index (χ0) is 15.9. The van der Waals surface area contributed by atoms with E-state index in [0.29, 0.717) is 0 Å². The van der Waals surface area contributed by atoms with Gasteiger partial charge >= 0.3 is 0 Å². The quantitative estimate of drug-likeness (QED) is 0.491. The van der Waals surface area contributed by atoms with Crippen molar-refractivity contribution >= 4 is 16.3 Å². The van der Waals surface area contributed by atoms with Gasteiger partial charge in [-0.2, -0.15) is 0 Å². The molecule has 0 atom stereocenters. The van der Waals surface area contributed by atoms with E-state index < -0.39 is 0 Å². The van der Waals surface area contributed by atoms with Crippen LogP contribution < -0.4 is 0 Å². The van der Waals surface area contributed by atoms with Crippen molar-refractivity contribution in [2.24, 2.45) is 0 Å². The van der Waals surface area contributed by atoms with Crippen molar-refractivity contribution in [1.29, 1.82) is 0 Å². The van der Waals surface area contributed by atoms with Crippen LogP contribution in [0.1, 0.15) is 30.4 Å². The molecule has 0 N–H and O–H groups in total. The minimum atomic E-state index is 1.16. The van der Waals surface area contributed by atoms with E-state index in [-0.39, 0.29) is 0 Å². The zero-order valence-corrected chi connectivity index (χ0v) is 13.7. The van der Waals surface area contributed by atoms with E-state index in [2.05, 4.69) is 60.7 Å². The van der Waals surface area contributed by atoms with Gasteiger partial charge in [-0.1, -0.05) is 72.3 Å². The first-order chi connectivity index (χ1) is 11.9. The second-order valence-electron chi connectivity index (χ2n) is 6.74. The third kappa shape index (κ3) is 2.06. The Morgan fingerprint density at radius 3 is 2.62 bits per heavy atom. The van der Waals surface area contributed by atoms with E-state index in [1.165, 1.54) is 57.9 Å². The van der Waals surface area contributed by atoms with Gasteiger partial charge in [-0.3, -0.25) is 0 Å². The van der Waals surface area contributed by atoms with Crippen LogP contribution in [0.4, 0.5) is 0 Å². The van der Waals surface area contributed by atoms with Crippen LogP contribution in [0, 0.1) is 6.07 Å². The normalized spacial score (nSPS) is 16.2. The molecule has 0 spiro atoms. The Labute approximate surface area is 143 Å². The van der Waals surface area contributed by atoms with Gasteiger partial charge in [0.25, 0.3) is 0 Å². The van der Waals surface area contributed by atoms with Crippen LogP contribution in [0.25, 0.3) is 27.5 Å². The van der Waals surface area contributed by atoms with Crippen LogP contribution in [-0.4, -0.2) is 0 Å². The molecule has 0 heterocycles. The van der Waals surface area contributed by atoms with Crippen molar-refractivity contribution in [1.82, 2.24) is 0 Å². The lowest BCUT2D eigenvalue weighted by Crippen LogP contribution is -2.07. The van der Waals surface area contributed by atoms with E-state index in [9.17, 15) is 0 Å². The van der Waals surface area contributed by atoms with Crippen molar-refractivity contribution in [3.63, 3.8) is 0 Å². The Kier molecular flexibility index (Phi) is 3.16. The second-order valence-corrected chi connectivity index (χ2v) is 6.74. The molecule has 2 aliphatic rings. The Bertz CT molecular complexity index is 987. The molecule has 2 aliphatic carbocycles. The van der Waals surface area contributed by atoms with E-state index >= 15 is 0 Å². The summed E-state index contributed by atoms with van der Waals surface area (Å²) >= 11 is 0. The fourth-order valence-corrected chi connectivity index (χ4v) is 4.30. The highest BCUT2D eigenvalue weighted by Crippen LogP contribution is 2.42. The molecule has 0 unspecified atom stereocenters. The topological polar surface area (TPSA) is 0 Å². The first-order valence-electron chi connectivity index (χ1n) is 8.82. The molecule has 24 heavy (non-hydrogen) atoms. The number of fused-ring (bicyclic) bond motifs is 4. The molecule has 0 aliphatic heterocycles. The van der Waals surface area contributed by atoms with Gasteiger partial charge in [0.05, 0.1) is 0 Å². The average molecular weight is 307 g/mol. The molecule has 3 aromatic carbocycles. The summed E-state index contributed by atoms with van der Waals surface area (Å²) in [5.74, 6) is 0. The largest absolute Gasteiger partial charge is 0.0836 e. The number of rotatable bonds is 1. The molecular formula is C24H19. The van der Waals surface area contributed by atoms with Crippen molar-refractivity contribution in [3.8, 4) is 11.1 Å². The first-order valence-corrected chi connectivity index (χ1v) is 8.82. The Morgan fingerprint density at radius 2 is 1.71 bits per heavy atom. The van der Waals surface area contributed by atoms with Crippen LogP contribution in [-0.2, 0) is 6.42 Å². The molecule has 0 saturated carbocycles. The third-order valence-corrected chi connectivity index (χ3v) is 5.43. The molecule has 1 radical (unpaired) electrons. The molecule has 3 aromatic rings. The van der Waals surface area contributed by atoms with E-state index in [1.807, 2.05) is 12.1 Å². The van der Waals surface area contributed by atoms with Gasteiger partial charge in [0.1, 0.15) is 0 Å². The minimum Gasteiger partial charge on any atom is -0.0836 e. The fraction of sp³-hybridized carbons (Fsp3) is 0.167. The second kappa shape index (κ2) is 5.49. The predicted molar refractivity (Wildman–Crippen MR) is 102 cm³/mol. The highest BCUT2D eigenvalue weighted by molar-refractivity contribution is 6.02. The highest BCUT2D eigenvalue weighted by Gasteiger charge is 2.21. The van der Waals surface area contributed by atoms with Crippen LogP contribution in [0.3, 0.4) is 0 Å². The predicted octanol–water partition coefficient (Wildman–Crippen LogP) is 6.36. The summed E-state index contributed by atoms with van der Waals surface area (Å²) in [6.07, 6.45) is 9.49. The molecule has 0 nitrogen and oxygen atoms in total. The van der Waals surface area contributed by atoms with Gasteiger partial charge in [-0.15, -0.1) is 0 Å². The monoisotopic (exact) mass is 307 g/mol.